The molecule has 0 saturated heterocycles. The molecule has 2 saturated carbocycles. The molecule has 0 bridgehead atoms. The maximum absolute atomic E-state index is 12.8. The van der Waals surface area contributed by atoms with Crippen LogP contribution < -0.4 is 5.32 Å². The van der Waals surface area contributed by atoms with Crippen molar-refractivity contribution in [3.63, 3.8) is 0 Å². The van der Waals surface area contributed by atoms with E-state index in [1.165, 1.54) is 0 Å². The number of alkyl halides is 3. The van der Waals surface area contributed by atoms with E-state index in [0.29, 0.717) is 5.69 Å². The standard InChI is InChI=1S/C14H16F3N3O/c15-14(16,17)11-7-10(8-1-2-8)19-12(20-11)5-6-18-13(21)9-3-4-9/h7-9H,1-6H2,(H,18,21). The van der Waals surface area contributed by atoms with Crippen LogP contribution in [0.25, 0.3) is 0 Å². The van der Waals surface area contributed by atoms with Crippen LogP contribution >= 0.6 is 0 Å². The summed E-state index contributed by atoms with van der Waals surface area (Å²) in [5.74, 6) is 0.357. The van der Waals surface area contributed by atoms with Gasteiger partial charge in [0.25, 0.3) is 0 Å². The molecule has 2 fully saturated rings. The second-order valence-corrected chi connectivity index (χ2v) is 5.68. The Bertz CT molecular complexity index is 551. The van der Waals surface area contributed by atoms with E-state index >= 15 is 0 Å². The molecule has 21 heavy (non-hydrogen) atoms. The fraction of sp³-hybridized carbons (Fsp3) is 0.643. The second kappa shape index (κ2) is 5.27. The van der Waals surface area contributed by atoms with E-state index in [4.69, 9.17) is 0 Å². The number of halogens is 3. The highest BCUT2D eigenvalue weighted by Crippen LogP contribution is 2.40. The molecular formula is C14H16F3N3O. The zero-order valence-electron chi connectivity index (χ0n) is 11.4. The summed E-state index contributed by atoms with van der Waals surface area (Å²) in [6.45, 7) is 0.279. The van der Waals surface area contributed by atoms with Crippen LogP contribution in [-0.4, -0.2) is 22.4 Å². The zero-order valence-corrected chi connectivity index (χ0v) is 11.4. The summed E-state index contributed by atoms with van der Waals surface area (Å²) in [4.78, 5) is 19.3. The Morgan fingerprint density at radius 2 is 1.95 bits per heavy atom. The van der Waals surface area contributed by atoms with E-state index < -0.39 is 11.9 Å². The molecule has 0 radical (unpaired) electrons. The molecule has 2 aliphatic rings. The van der Waals surface area contributed by atoms with Crippen molar-refractivity contribution >= 4 is 5.91 Å². The van der Waals surface area contributed by atoms with Gasteiger partial charge >= 0.3 is 6.18 Å². The Labute approximate surface area is 120 Å². The molecule has 4 nitrogen and oxygen atoms in total. The van der Waals surface area contributed by atoms with Crippen LogP contribution in [0.5, 0.6) is 0 Å². The number of hydrogen-bond acceptors (Lipinski definition) is 3. The van der Waals surface area contributed by atoms with Gasteiger partial charge in [-0.3, -0.25) is 4.79 Å². The summed E-state index contributed by atoms with van der Waals surface area (Å²) in [6.07, 6.45) is -0.672. The van der Waals surface area contributed by atoms with Gasteiger partial charge in [0, 0.05) is 30.5 Å². The lowest BCUT2D eigenvalue weighted by molar-refractivity contribution is -0.141. The molecular weight excluding hydrogens is 283 g/mol. The molecule has 1 aromatic heterocycles. The Morgan fingerprint density at radius 1 is 1.24 bits per heavy atom. The number of aromatic nitrogens is 2. The largest absolute Gasteiger partial charge is 0.433 e. The van der Waals surface area contributed by atoms with Crippen molar-refractivity contribution in [2.24, 2.45) is 5.92 Å². The van der Waals surface area contributed by atoms with Crippen LogP contribution in [0.3, 0.4) is 0 Å². The molecule has 0 atom stereocenters. The maximum atomic E-state index is 12.8. The van der Waals surface area contributed by atoms with E-state index in [9.17, 15) is 18.0 Å². The predicted octanol–water partition coefficient (Wildman–Crippen LogP) is 2.44. The molecule has 0 unspecified atom stereocenters. The monoisotopic (exact) mass is 299 g/mol. The highest BCUT2D eigenvalue weighted by Gasteiger charge is 2.36. The van der Waals surface area contributed by atoms with Gasteiger partial charge in [0.1, 0.15) is 11.5 Å². The Kier molecular flexibility index (Phi) is 3.59. The number of amides is 1. The van der Waals surface area contributed by atoms with Crippen molar-refractivity contribution in [1.29, 1.82) is 0 Å². The van der Waals surface area contributed by atoms with E-state index in [1.807, 2.05) is 0 Å². The average Bonchev–Trinajstić information content (AvgIpc) is 3.29. The third kappa shape index (κ3) is 3.71. The third-order valence-corrected chi connectivity index (χ3v) is 3.67. The first-order valence-electron chi connectivity index (χ1n) is 7.16. The number of carbonyl (C=O) groups is 1. The Hall–Kier alpha value is -1.66. The molecule has 0 aliphatic heterocycles. The summed E-state index contributed by atoms with van der Waals surface area (Å²) in [5, 5.41) is 2.72. The summed E-state index contributed by atoms with van der Waals surface area (Å²) in [5.41, 5.74) is -0.413. The fourth-order valence-electron chi connectivity index (χ4n) is 2.15. The van der Waals surface area contributed by atoms with Gasteiger partial charge < -0.3 is 5.32 Å². The van der Waals surface area contributed by atoms with Gasteiger partial charge in [-0.05, 0) is 31.7 Å². The first kappa shape index (κ1) is 14.3. The van der Waals surface area contributed by atoms with E-state index in [1.54, 1.807) is 0 Å². The lowest BCUT2D eigenvalue weighted by Gasteiger charge is -2.10. The molecule has 1 amide bonds. The number of carbonyl (C=O) groups excluding carboxylic acids is 1. The number of nitrogens with zero attached hydrogens (tertiary/aromatic N) is 2. The molecule has 0 spiro atoms. The van der Waals surface area contributed by atoms with Gasteiger partial charge in [-0.1, -0.05) is 0 Å². The molecule has 3 rings (SSSR count). The quantitative estimate of drug-likeness (QED) is 0.908. The highest BCUT2D eigenvalue weighted by atomic mass is 19.4. The SMILES string of the molecule is O=C(NCCc1nc(C2CC2)cc(C(F)(F)F)n1)C1CC1. The molecule has 1 N–H and O–H groups in total. The summed E-state index contributed by atoms with van der Waals surface area (Å²) in [6, 6.07) is 1.05. The van der Waals surface area contributed by atoms with E-state index in [2.05, 4.69) is 15.3 Å². The normalized spacial score (nSPS) is 18.6. The lowest BCUT2D eigenvalue weighted by Crippen LogP contribution is -2.27. The van der Waals surface area contributed by atoms with Crippen molar-refractivity contribution in [2.75, 3.05) is 6.54 Å². The van der Waals surface area contributed by atoms with Crippen molar-refractivity contribution in [3.8, 4) is 0 Å². The minimum Gasteiger partial charge on any atom is -0.355 e. The molecule has 2 aliphatic carbocycles. The van der Waals surface area contributed by atoms with Gasteiger partial charge in [-0.2, -0.15) is 13.2 Å². The van der Waals surface area contributed by atoms with Crippen LogP contribution in [0.2, 0.25) is 0 Å². The van der Waals surface area contributed by atoms with Gasteiger partial charge in [0.15, 0.2) is 0 Å². The second-order valence-electron chi connectivity index (χ2n) is 5.68. The third-order valence-electron chi connectivity index (χ3n) is 3.67. The summed E-state index contributed by atoms with van der Waals surface area (Å²) < 4.78 is 38.5. The van der Waals surface area contributed by atoms with Crippen LogP contribution in [0.1, 0.15) is 48.8 Å². The van der Waals surface area contributed by atoms with Crippen LogP contribution in [0, 0.1) is 5.92 Å². The van der Waals surface area contributed by atoms with Crippen LogP contribution in [0.15, 0.2) is 6.07 Å². The Balaban J connectivity index is 1.67. The predicted molar refractivity (Wildman–Crippen MR) is 68.4 cm³/mol. The first-order valence-corrected chi connectivity index (χ1v) is 7.16. The van der Waals surface area contributed by atoms with Gasteiger partial charge in [0.05, 0.1) is 0 Å². The molecule has 1 aromatic rings. The smallest absolute Gasteiger partial charge is 0.355 e. The van der Waals surface area contributed by atoms with Crippen molar-refractivity contribution in [3.05, 3.63) is 23.3 Å². The molecule has 114 valence electrons. The maximum Gasteiger partial charge on any atom is 0.433 e. The first-order chi connectivity index (χ1) is 9.93. The number of hydrogen-bond donors (Lipinski definition) is 1. The topological polar surface area (TPSA) is 54.9 Å². The minimum atomic E-state index is -4.46. The number of nitrogens with one attached hydrogen (secondary N) is 1. The Morgan fingerprint density at radius 3 is 2.52 bits per heavy atom. The molecule has 7 heteroatoms. The van der Waals surface area contributed by atoms with Gasteiger partial charge in [0.2, 0.25) is 5.91 Å². The van der Waals surface area contributed by atoms with E-state index in [-0.39, 0.29) is 36.5 Å². The highest BCUT2D eigenvalue weighted by molar-refractivity contribution is 5.80. The van der Waals surface area contributed by atoms with E-state index in [0.717, 1.165) is 31.7 Å². The molecule has 1 heterocycles. The van der Waals surface area contributed by atoms with Crippen LogP contribution in [-0.2, 0) is 17.4 Å². The number of rotatable bonds is 5. The van der Waals surface area contributed by atoms with Gasteiger partial charge in [-0.25, -0.2) is 9.97 Å². The average molecular weight is 299 g/mol. The van der Waals surface area contributed by atoms with Crippen molar-refractivity contribution < 1.29 is 18.0 Å². The van der Waals surface area contributed by atoms with Crippen molar-refractivity contribution in [2.45, 2.75) is 44.2 Å². The minimum absolute atomic E-state index is 0.0237. The summed E-state index contributed by atoms with van der Waals surface area (Å²) in [7, 11) is 0. The summed E-state index contributed by atoms with van der Waals surface area (Å²) >= 11 is 0. The molecule has 0 aromatic carbocycles. The zero-order chi connectivity index (χ0) is 15.0. The van der Waals surface area contributed by atoms with Crippen molar-refractivity contribution in [1.82, 2.24) is 15.3 Å². The lowest BCUT2D eigenvalue weighted by atomic mass is 10.2. The van der Waals surface area contributed by atoms with Crippen LogP contribution in [0.4, 0.5) is 13.2 Å². The van der Waals surface area contributed by atoms with Gasteiger partial charge in [-0.15, -0.1) is 0 Å². The fourth-order valence-corrected chi connectivity index (χ4v) is 2.15.